The van der Waals surface area contributed by atoms with E-state index < -0.39 is 0 Å². The summed E-state index contributed by atoms with van der Waals surface area (Å²) in [5.74, 6) is 0. The summed E-state index contributed by atoms with van der Waals surface area (Å²) in [6.07, 6.45) is 5.33. The molecule has 0 fully saturated rings. The molecule has 0 amide bonds. The second kappa shape index (κ2) is 2.65. The van der Waals surface area contributed by atoms with E-state index in [1.54, 1.807) is 0 Å². The number of aliphatic imine (C=N–C) groups is 1. The highest BCUT2D eigenvalue weighted by atomic mass is 14.7. The molecule has 0 saturated carbocycles. The molecular weight excluding hydrogens is 98.1 g/mol. The van der Waals surface area contributed by atoms with E-state index in [4.69, 9.17) is 0 Å². The Balaban J connectivity index is 2.39. The van der Waals surface area contributed by atoms with Gasteiger partial charge in [0, 0.05) is 6.54 Å². The van der Waals surface area contributed by atoms with E-state index in [0.717, 1.165) is 25.8 Å². The van der Waals surface area contributed by atoms with Crippen LogP contribution in [0.15, 0.2) is 17.1 Å². The number of hydrogen-bond donors (Lipinski definition) is 0. The predicted octanol–water partition coefficient (Wildman–Crippen LogP) is 1.80. The Labute approximate surface area is 50.1 Å². The van der Waals surface area contributed by atoms with Gasteiger partial charge in [-0.1, -0.05) is 12.2 Å². The summed E-state index contributed by atoms with van der Waals surface area (Å²) in [5.41, 5.74) is 1.35. The minimum Gasteiger partial charge on any atom is -0.297 e. The van der Waals surface area contributed by atoms with Crippen LogP contribution in [0.25, 0.3) is 0 Å². The fourth-order valence-electron chi connectivity index (χ4n) is 0.799. The van der Waals surface area contributed by atoms with E-state index in [0.29, 0.717) is 0 Å². The fraction of sp³-hybridized carbons (Fsp3) is 0.571. The first-order chi connectivity index (χ1) is 3.89. The van der Waals surface area contributed by atoms with E-state index in [2.05, 4.69) is 11.6 Å². The van der Waals surface area contributed by atoms with E-state index in [1.165, 1.54) is 5.57 Å². The molecule has 1 rings (SSSR count). The van der Waals surface area contributed by atoms with Gasteiger partial charge in [-0.3, -0.25) is 4.99 Å². The van der Waals surface area contributed by atoms with Crippen LogP contribution in [0.4, 0.5) is 0 Å². The molecule has 0 spiro atoms. The molecule has 1 heterocycles. The average molecular weight is 109 g/mol. The van der Waals surface area contributed by atoms with Crippen LogP contribution in [-0.2, 0) is 0 Å². The van der Waals surface area contributed by atoms with Crippen molar-refractivity contribution in [3.05, 3.63) is 12.2 Å². The molecule has 0 unspecified atom stereocenters. The van der Waals surface area contributed by atoms with Gasteiger partial charge in [0.1, 0.15) is 0 Å². The normalized spacial score (nSPS) is 20.8. The lowest BCUT2D eigenvalue weighted by Crippen LogP contribution is -1.79. The molecule has 0 saturated heterocycles. The summed E-state index contributed by atoms with van der Waals surface area (Å²) >= 11 is 0. The topological polar surface area (TPSA) is 12.4 Å². The van der Waals surface area contributed by atoms with Crippen molar-refractivity contribution in [1.29, 1.82) is 0 Å². The number of nitrogens with zero attached hydrogens (tertiary/aromatic N) is 1. The first kappa shape index (κ1) is 5.54. The molecule has 0 N–H and O–H groups in total. The van der Waals surface area contributed by atoms with Gasteiger partial charge in [-0.05, 0) is 25.5 Å². The molecule has 0 aromatic heterocycles. The van der Waals surface area contributed by atoms with E-state index >= 15 is 0 Å². The molecule has 0 atom stereocenters. The zero-order valence-electron chi connectivity index (χ0n) is 5.06. The molecular formula is C7H11N. The Morgan fingerprint density at radius 1 is 1.50 bits per heavy atom. The lowest BCUT2D eigenvalue weighted by Gasteiger charge is -1.93. The molecule has 44 valence electrons. The molecule has 0 aromatic rings. The van der Waals surface area contributed by atoms with Gasteiger partial charge in [-0.25, -0.2) is 0 Å². The second-order valence-electron chi connectivity index (χ2n) is 2.13. The SMILES string of the molecule is C=C1CCC=NCC1. The lowest BCUT2D eigenvalue weighted by atomic mass is 10.1. The van der Waals surface area contributed by atoms with Gasteiger partial charge < -0.3 is 0 Å². The Morgan fingerprint density at radius 3 is 3.25 bits per heavy atom. The third-order valence-corrected chi connectivity index (χ3v) is 1.35. The maximum Gasteiger partial charge on any atom is 0.0422 e. The van der Waals surface area contributed by atoms with Gasteiger partial charge in [-0.15, -0.1) is 0 Å². The fourth-order valence-corrected chi connectivity index (χ4v) is 0.799. The minimum absolute atomic E-state index is 0.957. The summed E-state index contributed by atoms with van der Waals surface area (Å²) < 4.78 is 0. The second-order valence-corrected chi connectivity index (χ2v) is 2.13. The van der Waals surface area contributed by atoms with Crippen molar-refractivity contribution in [1.82, 2.24) is 0 Å². The van der Waals surface area contributed by atoms with Gasteiger partial charge in [0.25, 0.3) is 0 Å². The zero-order valence-corrected chi connectivity index (χ0v) is 5.06. The Morgan fingerprint density at radius 2 is 2.38 bits per heavy atom. The van der Waals surface area contributed by atoms with Gasteiger partial charge in [-0.2, -0.15) is 0 Å². The van der Waals surface area contributed by atoms with Gasteiger partial charge in [0.15, 0.2) is 0 Å². The van der Waals surface area contributed by atoms with Crippen molar-refractivity contribution in [2.24, 2.45) is 4.99 Å². The van der Waals surface area contributed by atoms with Crippen molar-refractivity contribution < 1.29 is 0 Å². The maximum atomic E-state index is 4.14. The smallest absolute Gasteiger partial charge is 0.0422 e. The summed E-state index contributed by atoms with van der Waals surface area (Å²) in [4.78, 5) is 4.14. The van der Waals surface area contributed by atoms with Gasteiger partial charge in [0.2, 0.25) is 0 Å². The molecule has 0 aliphatic carbocycles. The molecule has 8 heavy (non-hydrogen) atoms. The zero-order chi connectivity index (χ0) is 5.82. The van der Waals surface area contributed by atoms with E-state index in [9.17, 15) is 0 Å². The monoisotopic (exact) mass is 109 g/mol. The van der Waals surface area contributed by atoms with Crippen molar-refractivity contribution in [3.63, 3.8) is 0 Å². The van der Waals surface area contributed by atoms with Crippen molar-refractivity contribution in [3.8, 4) is 0 Å². The molecule has 1 heteroatoms. The molecule has 0 radical (unpaired) electrons. The highest BCUT2D eigenvalue weighted by molar-refractivity contribution is 5.58. The van der Waals surface area contributed by atoms with Crippen LogP contribution in [0, 0.1) is 0 Å². The van der Waals surface area contributed by atoms with Crippen molar-refractivity contribution in [2.75, 3.05) is 6.54 Å². The summed E-state index contributed by atoms with van der Waals surface area (Å²) in [6, 6.07) is 0. The number of rotatable bonds is 0. The molecule has 1 aliphatic heterocycles. The first-order valence-electron chi connectivity index (χ1n) is 3.04. The summed E-state index contributed by atoms with van der Waals surface area (Å²) in [7, 11) is 0. The Kier molecular flexibility index (Phi) is 1.84. The van der Waals surface area contributed by atoms with Crippen LogP contribution >= 0.6 is 0 Å². The van der Waals surface area contributed by atoms with Crippen molar-refractivity contribution >= 4 is 6.21 Å². The predicted molar refractivity (Wildman–Crippen MR) is 36.4 cm³/mol. The Hall–Kier alpha value is -0.590. The Bertz CT molecular complexity index is 102. The molecule has 1 aliphatic rings. The quantitative estimate of drug-likeness (QED) is 0.420. The van der Waals surface area contributed by atoms with Crippen molar-refractivity contribution in [2.45, 2.75) is 19.3 Å². The first-order valence-corrected chi connectivity index (χ1v) is 3.04. The van der Waals surface area contributed by atoms with Crippen LogP contribution in [-0.4, -0.2) is 12.8 Å². The summed E-state index contributed by atoms with van der Waals surface area (Å²) in [5, 5.41) is 0. The van der Waals surface area contributed by atoms with Crippen LogP contribution in [0.3, 0.4) is 0 Å². The van der Waals surface area contributed by atoms with E-state index in [-0.39, 0.29) is 0 Å². The van der Waals surface area contributed by atoms with Gasteiger partial charge >= 0.3 is 0 Å². The maximum absolute atomic E-state index is 4.14. The van der Waals surface area contributed by atoms with Crippen LogP contribution in [0.5, 0.6) is 0 Å². The largest absolute Gasteiger partial charge is 0.297 e. The number of hydrogen-bond acceptors (Lipinski definition) is 1. The molecule has 0 bridgehead atoms. The van der Waals surface area contributed by atoms with E-state index in [1.807, 2.05) is 6.21 Å². The van der Waals surface area contributed by atoms with Crippen LogP contribution in [0.1, 0.15) is 19.3 Å². The highest BCUT2D eigenvalue weighted by Gasteiger charge is 1.95. The third-order valence-electron chi connectivity index (χ3n) is 1.35. The van der Waals surface area contributed by atoms with Crippen LogP contribution < -0.4 is 0 Å². The average Bonchev–Trinajstić information content (AvgIpc) is 1.94. The van der Waals surface area contributed by atoms with Gasteiger partial charge in [0.05, 0.1) is 0 Å². The minimum atomic E-state index is 0.957. The van der Waals surface area contributed by atoms with Crippen LogP contribution in [0.2, 0.25) is 0 Å². The highest BCUT2D eigenvalue weighted by Crippen LogP contribution is 2.08. The summed E-state index contributed by atoms with van der Waals surface area (Å²) in [6.45, 7) is 4.85. The standard InChI is InChI=1S/C7H11N/c1-7-3-2-5-8-6-4-7/h5H,1-4,6H2. The lowest BCUT2D eigenvalue weighted by molar-refractivity contribution is 0.916. The third kappa shape index (κ3) is 1.49. The molecule has 1 nitrogen and oxygen atoms in total. The molecule has 0 aromatic carbocycles.